The number of carbonyl (C=O) groups is 2. The van der Waals surface area contributed by atoms with Crippen LogP contribution in [0.1, 0.15) is 6.92 Å². The molecule has 114 valence electrons. The third-order valence-corrected chi connectivity index (χ3v) is 0. The second-order valence-electron chi connectivity index (χ2n) is 1.59. The molecule has 0 saturated heterocycles. The molecule has 0 rings (SSSR count). The Morgan fingerprint density at radius 1 is 1.17 bits per heavy atom. The van der Waals surface area contributed by atoms with E-state index in [1.165, 1.54) is 0 Å². The van der Waals surface area contributed by atoms with Gasteiger partial charge in [-0.25, -0.2) is 4.57 Å². The Hall–Kier alpha value is -0.790. The van der Waals surface area contributed by atoms with Crippen LogP contribution in [0.2, 0.25) is 0 Å². The molecule has 0 unspecified atom stereocenters. The molecule has 0 atom stereocenters. The molecule has 0 heterocycles. The van der Waals surface area contributed by atoms with Gasteiger partial charge in [0, 0.05) is 6.92 Å². The molecule has 0 aliphatic rings. The van der Waals surface area contributed by atoms with E-state index in [-0.39, 0.29) is 18.9 Å². The molecule has 12 nitrogen and oxygen atoms in total. The number of carboxylic acid groups (broad SMARTS) is 2. The Bertz CT molecular complexity index is 309. The smallest absolute Gasteiger partial charge is 0.466 e. The summed E-state index contributed by atoms with van der Waals surface area (Å²) in [7, 11) is -9.31. The number of halogens is 1. The van der Waals surface area contributed by atoms with Crippen LogP contribution in [0.3, 0.4) is 0 Å². The summed E-state index contributed by atoms with van der Waals surface area (Å²) in [5, 5.41) is 14.3. The van der Waals surface area contributed by atoms with Gasteiger partial charge in [-0.05, 0) is 0 Å². The van der Waals surface area contributed by atoms with Gasteiger partial charge in [0.05, 0.1) is 0 Å². The second kappa shape index (κ2) is 16.2. The summed E-state index contributed by atoms with van der Waals surface area (Å²) in [6.45, 7) is 0.833. The van der Waals surface area contributed by atoms with Crippen molar-refractivity contribution in [3.63, 3.8) is 0 Å². The molecule has 0 spiro atoms. The average Bonchev–Trinajstić information content (AvgIpc) is 1.74. The van der Waals surface area contributed by atoms with Gasteiger partial charge < -0.3 is 24.9 Å². The van der Waals surface area contributed by atoms with Gasteiger partial charge >= 0.3 is 18.2 Å². The second-order valence-corrected chi connectivity index (χ2v) is 3.51. The van der Waals surface area contributed by atoms with E-state index in [2.05, 4.69) is 0 Å². The molecule has 0 radical (unpaired) electrons. The van der Waals surface area contributed by atoms with Gasteiger partial charge in [0.15, 0.2) is 0 Å². The van der Waals surface area contributed by atoms with E-state index in [4.69, 9.17) is 56.6 Å². The van der Waals surface area contributed by atoms with Gasteiger partial charge in [0.2, 0.25) is 0 Å². The Morgan fingerprint density at radius 3 is 1.17 bits per heavy atom. The first-order chi connectivity index (χ1) is 7.15. The maximum atomic E-state index is 9.00. The fraction of sp³-hybridized carbons (Fsp3) is 0.333. The molecular formula is C3H12ClO12PS. The van der Waals surface area contributed by atoms with E-state index in [0.717, 1.165) is 6.92 Å². The molecule has 0 aromatic carbocycles. The summed E-state index contributed by atoms with van der Waals surface area (Å²) >= 11 is 0. The number of hydrogen-bond donors (Lipinski definition) is 7. The summed E-state index contributed by atoms with van der Waals surface area (Å²) in [6.07, 6.45) is 0. The zero-order chi connectivity index (χ0) is 15.3. The largest absolute Gasteiger partial charge is 0.483 e. The average molecular weight is 339 g/mol. The SMILES string of the molecule is CC(=O)O.Cl.O=CO.O=P(O)(O)O.O=S(=O)(O)O. The Morgan fingerprint density at radius 2 is 1.17 bits per heavy atom. The third-order valence-electron chi connectivity index (χ3n) is 0. The van der Waals surface area contributed by atoms with Crippen molar-refractivity contribution in [1.29, 1.82) is 0 Å². The van der Waals surface area contributed by atoms with Crippen molar-refractivity contribution in [3.8, 4) is 0 Å². The molecule has 18 heavy (non-hydrogen) atoms. The van der Waals surface area contributed by atoms with Crippen molar-refractivity contribution in [1.82, 2.24) is 0 Å². The molecule has 15 heteroatoms. The lowest BCUT2D eigenvalue weighted by Gasteiger charge is -1.82. The van der Waals surface area contributed by atoms with Crippen LogP contribution in [0, 0.1) is 0 Å². The first-order valence-corrected chi connectivity index (χ1v) is 5.86. The minimum atomic E-state index is -4.67. The Labute approximate surface area is 107 Å². The van der Waals surface area contributed by atoms with Crippen molar-refractivity contribution in [2.75, 3.05) is 0 Å². The first kappa shape index (κ1) is 30.3. The quantitative estimate of drug-likeness (QED) is 0.154. The fourth-order valence-corrected chi connectivity index (χ4v) is 0. The number of rotatable bonds is 0. The third kappa shape index (κ3) is 4920. The first-order valence-electron chi connectivity index (χ1n) is 2.90. The molecule has 7 N–H and O–H groups in total. The highest BCUT2D eigenvalue weighted by Gasteiger charge is 2.00. The lowest BCUT2D eigenvalue weighted by atomic mass is 10.9. The maximum Gasteiger partial charge on any atom is 0.466 e. The molecule has 0 saturated carbocycles. The maximum absolute atomic E-state index is 9.00. The van der Waals surface area contributed by atoms with E-state index in [1.54, 1.807) is 0 Å². The van der Waals surface area contributed by atoms with Crippen molar-refractivity contribution in [2.24, 2.45) is 0 Å². The van der Waals surface area contributed by atoms with Crippen LogP contribution in [0.4, 0.5) is 0 Å². The van der Waals surface area contributed by atoms with Crippen LogP contribution < -0.4 is 0 Å². The van der Waals surface area contributed by atoms with Crippen molar-refractivity contribution >= 4 is 43.1 Å². The molecule has 0 amide bonds. The normalized spacial score (nSPS) is 8.56. The number of phosphoric acid groups is 1. The topological polar surface area (TPSA) is 227 Å². The van der Waals surface area contributed by atoms with Gasteiger partial charge in [-0.2, -0.15) is 8.42 Å². The van der Waals surface area contributed by atoms with Crippen LogP contribution >= 0.6 is 20.2 Å². The highest BCUT2D eigenvalue weighted by Crippen LogP contribution is 2.25. The highest BCUT2D eigenvalue weighted by atomic mass is 35.5. The summed E-state index contributed by atoms with van der Waals surface area (Å²) in [4.78, 5) is 38.9. The molecule has 0 bridgehead atoms. The number of carboxylic acids is 1. The van der Waals surface area contributed by atoms with Gasteiger partial charge in [0.1, 0.15) is 0 Å². The summed E-state index contributed by atoms with van der Waals surface area (Å²) < 4.78 is 40.5. The lowest BCUT2D eigenvalue weighted by molar-refractivity contribution is -0.134. The van der Waals surface area contributed by atoms with E-state index in [1.807, 2.05) is 0 Å². The molecule has 0 aliphatic heterocycles. The van der Waals surface area contributed by atoms with E-state index in [0.29, 0.717) is 0 Å². The molecule has 0 aliphatic carbocycles. The van der Waals surface area contributed by atoms with E-state index in [9.17, 15) is 0 Å². The van der Waals surface area contributed by atoms with Gasteiger partial charge in [-0.15, -0.1) is 12.4 Å². The Kier molecular flexibility index (Phi) is 27.3. The molecule has 0 aromatic rings. The lowest BCUT2D eigenvalue weighted by Crippen LogP contribution is -1.89. The monoisotopic (exact) mass is 338 g/mol. The minimum absolute atomic E-state index is 0. The van der Waals surface area contributed by atoms with Crippen LogP contribution in [0.5, 0.6) is 0 Å². The van der Waals surface area contributed by atoms with Crippen LogP contribution in [0.15, 0.2) is 0 Å². The number of hydrogen-bond acceptors (Lipinski definition) is 5. The van der Waals surface area contributed by atoms with Crippen molar-refractivity contribution < 1.29 is 56.6 Å². The van der Waals surface area contributed by atoms with Crippen LogP contribution in [-0.2, 0) is 24.6 Å². The van der Waals surface area contributed by atoms with Crippen LogP contribution in [-0.4, -0.2) is 54.9 Å². The van der Waals surface area contributed by atoms with Crippen LogP contribution in [0.25, 0.3) is 0 Å². The van der Waals surface area contributed by atoms with Gasteiger partial charge in [-0.1, -0.05) is 0 Å². The molecular weight excluding hydrogens is 327 g/mol. The molecule has 0 fully saturated rings. The predicted molar refractivity (Wildman–Crippen MR) is 57.7 cm³/mol. The zero-order valence-electron chi connectivity index (χ0n) is 8.51. The minimum Gasteiger partial charge on any atom is -0.483 e. The zero-order valence-corrected chi connectivity index (χ0v) is 11.0. The standard InChI is InChI=1S/C2H4O2.CH2O2.ClH.H3O4P.H2O4S/c1-2(3)4;2-1-3;;2*1-5(2,3)4/h1H3,(H,3,4);1H,(H,2,3);1H;(H3,1,2,3,4);(H2,1,2,3,4). The van der Waals surface area contributed by atoms with Crippen molar-refractivity contribution in [3.05, 3.63) is 0 Å². The van der Waals surface area contributed by atoms with E-state index < -0.39 is 24.2 Å². The summed E-state index contributed by atoms with van der Waals surface area (Å²) in [5.74, 6) is -0.833. The predicted octanol–water partition coefficient (Wildman–Crippen LogP) is -1.37. The van der Waals surface area contributed by atoms with Crippen molar-refractivity contribution in [2.45, 2.75) is 6.92 Å². The fourth-order valence-electron chi connectivity index (χ4n) is 0. The Balaban J connectivity index is -0.0000000417. The van der Waals surface area contributed by atoms with Gasteiger partial charge in [0.25, 0.3) is 12.4 Å². The highest BCUT2D eigenvalue weighted by molar-refractivity contribution is 7.79. The van der Waals surface area contributed by atoms with E-state index >= 15 is 0 Å². The van der Waals surface area contributed by atoms with Gasteiger partial charge in [-0.3, -0.25) is 18.7 Å². The number of aliphatic carboxylic acids is 1. The summed E-state index contributed by atoms with van der Waals surface area (Å²) in [5.41, 5.74) is 0. The summed E-state index contributed by atoms with van der Waals surface area (Å²) in [6, 6.07) is 0. The molecule has 0 aromatic heterocycles.